The van der Waals surface area contributed by atoms with Crippen LogP contribution in [0.2, 0.25) is 0 Å². The Morgan fingerprint density at radius 3 is 2.48 bits per heavy atom. The van der Waals surface area contributed by atoms with E-state index in [4.69, 9.17) is 4.74 Å². The Morgan fingerprint density at radius 2 is 1.61 bits per heavy atom. The van der Waals surface area contributed by atoms with Crippen molar-refractivity contribution in [2.75, 3.05) is 19.6 Å². The minimum absolute atomic E-state index is 0.178. The van der Waals surface area contributed by atoms with Crippen LogP contribution >= 0.6 is 0 Å². The molecule has 1 unspecified atom stereocenters. The number of nitrogens with zero attached hydrogens (tertiary/aromatic N) is 1. The first kappa shape index (κ1) is 14.8. The van der Waals surface area contributed by atoms with E-state index in [2.05, 4.69) is 53.4 Å². The van der Waals surface area contributed by atoms with Gasteiger partial charge >= 0.3 is 0 Å². The number of piperidine rings is 1. The molecule has 120 valence electrons. The minimum atomic E-state index is 0.178. The predicted molar refractivity (Wildman–Crippen MR) is 94.0 cm³/mol. The van der Waals surface area contributed by atoms with Crippen molar-refractivity contribution in [3.05, 3.63) is 65.2 Å². The number of para-hydroxylation sites is 1. The lowest BCUT2D eigenvalue weighted by atomic mass is 9.96. The van der Waals surface area contributed by atoms with Gasteiger partial charge in [0.2, 0.25) is 0 Å². The average molecular weight is 307 g/mol. The molecule has 0 saturated carbocycles. The molecule has 0 bridgehead atoms. The van der Waals surface area contributed by atoms with Crippen LogP contribution in [-0.4, -0.2) is 24.5 Å². The molecular weight excluding hydrogens is 282 g/mol. The molecule has 2 nitrogen and oxygen atoms in total. The lowest BCUT2D eigenvalue weighted by Crippen LogP contribution is -2.31. The van der Waals surface area contributed by atoms with Crippen molar-refractivity contribution in [2.24, 2.45) is 0 Å². The molecule has 2 aliphatic heterocycles. The third-order valence-electron chi connectivity index (χ3n) is 5.18. The monoisotopic (exact) mass is 307 g/mol. The SMILES string of the molecule is c1ccc2c(c1)Cc1ccccc1C(CCN1CCCCC1)O2. The van der Waals surface area contributed by atoms with Crippen molar-refractivity contribution < 1.29 is 4.74 Å². The Balaban J connectivity index is 1.57. The number of hydrogen-bond acceptors (Lipinski definition) is 2. The van der Waals surface area contributed by atoms with Gasteiger partial charge in [-0.3, -0.25) is 0 Å². The van der Waals surface area contributed by atoms with Gasteiger partial charge in [0.15, 0.2) is 0 Å². The van der Waals surface area contributed by atoms with E-state index < -0.39 is 0 Å². The summed E-state index contributed by atoms with van der Waals surface area (Å²) in [7, 11) is 0. The molecule has 0 spiro atoms. The number of fused-ring (bicyclic) bond motifs is 2. The fourth-order valence-corrected chi connectivity index (χ4v) is 3.89. The highest BCUT2D eigenvalue weighted by atomic mass is 16.5. The zero-order valence-corrected chi connectivity index (χ0v) is 13.7. The van der Waals surface area contributed by atoms with Crippen molar-refractivity contribution >= 4 is 0 Å². The van der Waals surface area contributed by atoms with Gasteiger partial charge in [-0.15, -0.1) is 0 Å². The van der Waals surface area contributed by atoms with E-state index in [1.54, 1.807) is 0 Å². The normalized spacial score (nSPS) is 21.0. The van der Waals surface area contributed by atoms with Crippen molar-refractivity contribution in [3.63, 3.8) is 0 Å². The number of ether oxygens (including phenoxy) is 1. The molecule has 1 saturated heterocycles. The molecule has 2 aromatic rings. The minimum Gasteiger partial charge on any atom is -0.485 e. The molecule has 23 heavy (non-hydrogen) atoms. The summed E-state index contributed by atoms with van der Waals surface area (Å²) < 4.78 is 6.45. The highest BCUT2D eigenvalue weighted by molar-refractivity contribution is 5.43. The van der Waals surface area contributed by atoms with E-state index in [9.17, 15) is 0 Å². The maximum absolute atomic E-state index is 6.45. The fraction of sp³-hybridized carbons (Fsp3) is 0.429. The summed E-state index contributed by atoms with van der Waals surface area (Å²) in [5.74, 6) is 1.06. The summed E-state index contributed by atoms with van der Waals surface area (Å²) >= 11 is 0. The highest BCUT2D eigenvalue weighted by Crippen LogP contribution is 2.35. The van der Waals surface area contributed by atoms with E-state index in [0.717, 1.165) is 25.1 Å². The molecule has 2 aromatic carbocycles. The number of rotatable bonds is 3. The van der Waals surface area contributed by atoms with E-state index >= 15 is 0 Å². The van der Waals surface area contributed by atoms with Gasteiger partial charge in [-0.2, -0.15) is 0 Å². The topological polar surface area (TPSA) is 12.5 Å². The van der Waals surface area contributed by atoms with Crippen LogP contribution in [0.5, 0.6) is 5.75 Å². The molecule has 0 radical (unpaired) electrons. The van der Waals surface area contributed by atoms with Gasteiger partial charge < -0.3 is 9.64 Å². The third kappa shape index (κ3) is 3.28. The van der Waals surface area contributed by atoms with Gasteiger partial charge in [0.25, 0.3) is 0 Å². The van der Waals surface area contributed by atoms with Crippen LogP contribution in [0.3, 0.4) is 0 Å². The molecule has 0 amide bonds. The second-order valence-electron chi connectivity index (χ2n) is 6.78. The van der Waals surface area contributed by atoms with Crippen LogP contribution in [0.15, 0.2) is 48.5 Å². The fourth-order valence-electron chi connectivity index (χ4n) is 3.89. The summed E-state index contributed by atoms with van der Waals surface area (Å²) in [4.78, 5) is 2.60. The van der Waals surface area contributed by atoms with Gasteiger partial charge in [0, 0.05) is 19.4 Å². The Labute approximate surface area is 139 Å². The first-order valence-electron chi connectivity index (χ1n) is 8.95. The van der Waals surface area contributed by atoms with Crippen molar-refractivity contribution in [1.29, 1.82) is 0 Å². The Morgan fingerprint density at radius 1 is 0.870 bits per heavy atom. The summed E-state index contributed by atoms with van der Waals surface area (Å²) in [5.41, 5.74) is 4.10. The molecule has 1 atom stereocenters. The second kappa shape index (κ2) is 6.76. The lowest BCUT2D eigenvalue weighted by Gasteiger charge is -2.28. The third-order valence-corrected chi connectivity index (χ3v) is 5.18. The first-order chi connectivity index (χ1) is 11.4. The average Bonchev–Trinajstić information content (AvgIpc) is 2.77. The summed E-state index contributed by atoms with van der Waals surface area (Å²) in [6.45, 7) is 3.65. The quantitative estimate of drug-likeness (QED) is 0.822. The maximum atomic E-state index is 6.45. The molecule has 4 rings (SSSR count). The van der Waals surface area contributed by atoms with E-state index in [0.29, 0.717) is 0 Å². The van der Waals surface area contributed by atoms with Crippen LogP contribution in [0.25, 0.3) is 0 Å². The van der Waals surface area contributed by atoms with Gasteiger partial charge in [0.1, 0.15) is 11.9 Å². The van der Waals surface area contributed by atoms with E-state index in [1.807, 2.05) is 0 Å². The predicted octanol–water partition coefficient (Wildman–Crippen LogP) is 4.59. The first-order valence-corrected chi connectivity index (χ1v) is 8.95. The smallest absolute Gasteiger partial charge is 0.125 e. The molecular formula is C21H25NO. The van der Waals surface area contributed by atoms with Crippen molar-refractivity contribution in [1.82, 2.24) is 4.90 Å². The summed E-state index contributed by atoms with van der Waals surface area (Å²) in [6.07, 6.45) is 6.33. The standard InChI is InChI=1S/C21H25NO/c1-6-13-22(14-7-1)15-12-21-19-10-4-2-8-17(19)16-18-9-3-5-11-20(18)23-21/h2-5,8-11,21H,1,6-7,12-16H2. The largest absolute Gasteiger partial charge is 0.485 e. The van der Waals surface area contributed by atoms with Crippen LogP contribution in [0.4, 0.5) is 0 Å². The van der Waals surface area contributed by atoms with Crippen LogP contribution in [0, 0.1) is 0 Å². The van der Waals surface area contributed by atoms with Crippen LogP contribution in [-0.2, 0) is 6.42 Å². The number of hydrogen-bond donors (Lipinski definition) is 0. The van der Waals surface area contributed by atoms with Gasteiger partial charge in [-0.25, -0.2) is 0 Å². The molecule has 2 heteroatoms. The van der Waals surface area contributed by atoms with Crippen molar-refractivity contribution in [2.45, 2.75) is 38.2 Å². The number of likely N-dealkylation sites (tertiary alicyclic amines) is 1. The molecule has 2 aliphatic rings. The maximum Gasteiger partial charge on any atom is 0.125 e. The molecule has 0 aromatic heterocycles. The number of benzene rings is 2. The van der Waals surface area contributed by atoms with Gasteiger partial charge in [-0.05, 0) is 48.7 Å². The Hall–Kier alpha value is -1.80. The second-order valence-corrected chi connectivity index (χ2v) is 6.78. The molecule has 0 aliphatic carbocycles. The summed E-state index contributed by atoms with van der Waals surface area (Å²) in [6, 6.07) is 17.3. The molecule has 2 heterocycles. The van der Waals surface area contributed by atoms with Gasteiger partial charge in [0.05, 0.1) is 0 Å². The van der Waals surface area contributed by atoms with Crippen LogP contribution in [0.1, 0.15) is 48.5 Å². The van der Waals surface area contributed by atoms with Crippen LogP contribution < -0.4 is 4.74 Å². The van der Waals surface area contributed by atoms with E-state index in [1.165, 1.54) is 49.0 Å². The van der Waals surface area contributed by atoms with E-state index in [-0.39, 0.29) is 6.10 Å². The summed E-state index contributed by atoms with van der Waals surface area (Å²) in [5, 5.41) is 0. The zero-order valence-electron chi connectivity index (χ0n) is 13.7. The molecule has 0 N–H and O–H groups in total. The highest BCUT2D eigenvalue weighted by Gasteiger charge is 2.23. The zero-order chi connectivity index (χ0) is 15.5. The molecule has 1 fully saturated rings. The Kier molecular flexibility index (Phi) is 4.34. The lowest BCUT2D eigenvalue weighted by molar-refractivity contribution is 0.153. The van der Waals surface area contributed by atoms with Crippen molar-refractivity contribution in [3.8, 4) is 5.75 Å². The van der Waals surface area contributed by atoms with Gasteiger partial charge in [-0.1, -0.05) is 48.9 Å². The Bertz CT molecular complexity index is 660.